The van der Waals surface area contributed by atoms with Crippen LogP contribution in [0.3, 0.4) is 0 Å². The van der Waals surface area contributed by atoms with Gasteiger partial charge in [0, 0.05) is 5.56 Å². The van der Waals surface area contributed by atoms with Crippen molar-refractivity contribution in [1.29, 1.82) is 0 Å². The van der Waals surface area contributed by atoms with E-state index in [1.54, 1.807) is 0 Å². The third-order valence-corrected chi connectivity index (χ3v) is 4.49. The van der Waals surface area contributed by atoms with E-state index in [1.807, 2.05) is 5.32 Å². The van der Waals surface area contributed by atoms with Gasteiger partial charge in [-0.3, -0.25) is 14.9 Å². The van der Waals surface area contributed by atoms with Gasteiger partial charge < -0.3 is 15.0 Å². The molecular weight excluding hydrogens is 360 g/mol. The summed E-state index contributed by atoms with van der Waals surface area (Å²) in [6, 6.07) is 8.12. The van der Waals surface area contributed by atoms with Crippen molar-refractivity contribution in [2.24, 2.45) is 0 Å². The molecule has 0 aromatic heterocycles. The van der Waals surface area contributed by atoms with Crippen LogP contribution in [0, 0.1) is 11.6 Å². The van der Waals surface area contributed by atoms with Crippen LogP contribution in [0.15, 0.2) is 42.5 Å². The van der Waals surface area contributed by atoms with Crippen molar-refractivity contribution in [1.82, 2.24) is 10.6 Å². The first-order valence-electron chi connectivity index (χ1n) is 8.06. The van der Waals surface area contributed by atoms with E-state index < -0.39 is 35.0 Å². The van der Waals surface area contributed by atoms with E-state index >= 15 is 0 Å². The van der Waals surface area contributed by atoms with Crippen molar-refractivity contribution in [2.75, 3.05) is 18.1 Å². The number of hydrogen-bond acceptors (Lipinski definition) is 4. The highest BCUT2D eigenvalue weighted by Gasteiger charge is 2.61. The lowest BCUT2D eigenvalue weighted by Gasteiger charge is -2.21. The lowest BCUT2D eigenvalue weighted by Crippen LogP contribution is -2.52. The number of nitrogens with one attached hydrogen (secondary N) is 2. The summed E-state index contributed by atoms with van der Waals surface area (Å²) in [5.41, 5.74) is -1.61. The van der Waals surface area contributed by atoms with Crippen LogP contribution in [0.2, 0.25) is 0 Å². The van der Waals surface area contributed by atoms with Crippen LogP contribution in [0.4, 0.5) is 19.3 Å². The highest BCUT2D eigenvalue weighted by molar-refractivity contribution is 6.27. The highest BCUT2D eigenvalue weighted by atomic mass is 19.1. The fraction of sp³-hybridized carbons (Fsp3) is 0.167. The maximum absolute atomic E-state index is 13.8. The Morgan fingerprint density at radius 1 is 1.00 bits per heavy atom. The van der Waals surface area contributed by atoms with Gasteiger partial charge in [-0.25, -0.2) is 13.6 Å². The van der Waals surface area contributed by atoms with E-state index in [1.165, 1.54) is 35.2 Å². The molecule has 0 aliphatic carbocycles. The lowest BCUT2D eigenvalue weighted by atomic mass is 9.91. The zero-order valence-electron chi connectivity index (χ0n) is 13.8. The van der Waals surface area contributed by atoms with Gasteiger partial charge in [-0.05, 0) is 42.5 Å². The number of hydrogen-bond donors (Lipinski definition) is 2. The van der Waals surface area contributed by atoms with Crippen molar-refractivity contribution in [3.05, 3.63) is 59.7 Å². The predicted molar refractivity (Wildman–Crippen MR) is 89.0 cm³/mol. The summed E-state index contributed by atoms with van der Waals surface area (Å²) >= 11 is 0. The molecule has 7 nitrogen and oxygen atoms in total. The van der Waals surface area contributed by atoms with Gasteiger partial charge in [0.25, 0.3) is 11.8 Å². The molecule has 0 bridgehead atoms. The number of imide groups is 1. The molecule has 4 amide bonds. The minimum absolute atomic E-state index is 0.0414. The van der Waals surface area contributed by atoms with Crippen molar-refractivity contribution in [2.45, 2.75) is 5.54 Å². The molecule has 2 aliphatic heterocycles. The molecule has 1 unspecified atom stereocenters. The molecule has 1 fully saturated rings. The third kappa shape index (κ3) is 2.59. The molecule has 2 N–H and O–H groups in total. The average molecular weight is 373 g/mol. The summed E-state index contributed by atoms with van der Waals surface area (Å²) in [6.45, 7) is 0.0829. The van der Waals surface area contributed by atoms with Crippen molar-refractivity contribution in [3.8, 4) is 5.75 Å². The summed E-state index contributed by atoms with van der Waals surface area (Å²) in [6.07, 6.45) is 0. The van der Waals surface area contributed by atoms with Gasteiger partial charge in [0.05, 0.1) is 12.2 Å². The van der Waals surface area contributed by atoms with Crippen LogP contribution in [0.1, 0.15) is 5.56 Å². The topological polar surface area (TPSA) is 87.7 Å². The fourth-order valence-corrected chi connectivity index (χ4v) is 3.27. The molecule has 2 aliphatic rings. The largest absolute Gasteiger partial charge is 0.492 e. The Bertz CT molecular complexity index is 964. The summed E-state index contributed by atoms with van der Waals surface area (Å²) in [4.78, 5) is 38.2. The number of anilines is 1. The fourth-order valence-electron chi connectivity index (χ4n) is 3.27. The number of rotatable bonds is 4. The number of carbonyl (C=O) groups excluding carboxylic acids is 3. The molecule has 138 valence electrons. The first-order valence-corrected chi connectivity index (χ1v) is 8.06. The molecule has 1 saturated heterocycles. The molecule has 2 heterocycles. The molecule has 27 heavy (non-hydrogen) atoms. The van der Waals surface area contributed by atoms with Crippen LogP contribution in [-0.2, 0) is 15.1 Å². The Morgan fingerprint density at radius 2 is 1.70 bits per heavy atom. The standard InChI is InChI=1S/C18H13F2N3O4/c19-10-1-4-12(5-2-10)27-8-7-23-14-6-3-11(20)9-13(14)18(16(23)25)15(24)21-17(26)22-18/h1-6,9H,7-8H2,(H2,21,22,24,26). The molecule has 1 spiro atoms. The van der Waals surface area contributed by atoms with E-state index in [0.717, 1.165) is 12.1 Å². The first kappa shape index (κ1) is 17.0. The van der Waals surface area contributed by atoms with Crippen molar-refractivity contribution >= 4 is 23.5 Å². The Morgan fingerprint density at radius 3 is 2.37 bits per heavy atom. The highest BCUT2D eigenvalue weighted by Crippen LogP contribution is 2.42. The number of halogens is 2. The molecular formula is C18H13F2N3O4. The molecule has 0 radical (unpaired) electrons. The molecule has 1 atom stereocenters. The smallest absolute Gasteiger partial charge is 0.323 e. The van der Waals surface area contributed by atoms with E-state index in [2.05, 4.69) is 5.32 Å². The number of fused-ring (bicyclic) bond motifs is 2. The zero-order valence-corrected chi connectivity index (χ0v) is 13.8. The van der Waals surface area contributed by atoms with Crippen LogP contribution in [0.25, 0.3) is 0 Å². The molecule has 0 saturated carbocycles. The summed E-state index contributed by atoms with van der Waals surface area (Å²) < 4.78 is 32.2. The second-order valence-corrected chi connectivity index (χ2v) is 6.08. The van der Waals surface area contributed by atoms with Gasteiger partial charge in [-0.2, -0.15) is 0 Å². The van der Waals surface area contributed by atoms with Gasteiger partial charge in [0.1, 0.15) is 24.0 Å². The van der Waals surface area contributed by atoms with E-state index in [4.69, 9.17) is 4.74 Å². The van der Waals surface area contributed by atoms with Gasteiger partial charge in [0.2, 0.25) is 5.54 Å². The van der Waals surface area contributed by atoms with Crippen LogP contribution in [0.5, 0.6) is 5.75 Å². The number of urea groups is 1. The second-order valence-electron chi connectivity index (χ2n) is 6.08. The number of ether oxygens (including phenoxy) is 1. The van der Waals surface area contributed by atoms with Crippen molar-refractivity contribution in [3.63, 3.8) is 0 Å². The molecule has 4 rings (SSSR count). The molecule has 2 aromatic carbocycles. The number of nitrogens with zero attached hydrogens (tertiary/aromatic N) is 1. The minimum atomic E-state index is -1.98. The Labute approximate surface area is 151 Å². The quantitative estimate of drug-likeness (QED) is 0.627. The minimum Gasteiger partial charge on any atom is -0.492 e. The van der Waals surface area contributed by atoms with Gasteiger partial charge in [-0.1, -0.05) is 0 Å². The maximum Gasteiger partial charge on any atom is 0.323 e. The SMILES string of the molecule is O=C1NC(=O)C2(N1)C(=O)N(CCOc1ccc(F)cc1)c1ccc(F)cc12. The number of carbonyl (C=O) groups is 3. The molecule has 2 aromatic rings. The summed E-state index contributed by atoms with van der Waals surface area (Å²) in [5, 5.41) is 4.34. The monoisotopic (exact) mass is 373 g/mol. The average Bonchev–Trinajstić information content (AvgIpc) is 3.06. The van der Waals surface area contributed by atoms with Crippen LogP contribution >= 0.6 is 0 Å². The number of amides is 4. The zero-order chi connectivity index (χ0) is 19.2. The van der Waals surface area contributed by atoms with Crippen LogP contribution < -0.4 is 20.3 Å². The van der Waals surface area contributed by atoms with E-state index in [-0.39, 0.29) is 18.7 Å². The second kappa shape index (κ2) is 6.04. The predicted octanol–water partition coefficient (Wildman–Crippen LogP) is 1.43. The number of benzene rings is 2. The summed E-state index contributed by atoms with van der Waals surface area (Å²) in [7, 11) is 0. The first-order chi connectivity index (χ1) is 12.9. The Balaban J connectivity index is 1.60. The van der Waals surface area contributed by atoms with Crippen LogP contribution in [-0.4, -0.2) is 31.0 Å². The normalized spacial score (nSPS) is 20.7. The maximum atomic E-state index is 13.8. The van der Waals surface area contributed by atoms with Crippen molar-refractivity contribution < 1.29 is 27.9 Å². The van der Waals surface area contributed by atoms with Gasteiger partial charge in [0.15, 0.2) is 0 Å². The molecule has 9 heteroatoms. The summed E-state index contributed by atoms with van der Waals surface area (Å²) in [5.74, 6) is -2.19. The third-order valence-electron chi connectivity index (χ3n) is 4.49. The van der Waals surface area contributed by atoms with E-state index in [9.17, 15) is 23.2 Å². The Hall–Kier alpha value is -3.49. The lowest BCUT2D eigenvalue weighted by molar-refractivity contribution is -0.134. The van der Waals surface area contributed by atoms with E-state index in [0.29, 0.717) is 11.4 Å². The Kier molecular flexibility index (Phi) is 3.79. The van der Waals surface area contributed by atoms with Gasteiger partial charge >= 0.3 is 6.03 Å². The van der Waals surface area contributed by atoms with Gasteiger partial charge in [-0.15, -0.1) is 0 Å².